The summed E-state index contributed by atoms with van der Waals surface area (Å²) in [5, 5.41) is 3.36. The van der Waals surface area contributed by atoms with Crippen LogP contribution in [0.4, 0.5) is 0 Å². The van der Waals surface area contributed by atoms with E-state index in [0.717, 1.165) is 61.4 Å². The zero-order valence-corrected chi connectivity index (χ0v) is 30.0. The molecule has 231 valence electrons. The van der Waals surface area contributed by atoms with Gasteiger partial charge < -0.3 is 14.4 Å². The Hall–Kier alpha value is -3.70. The van der Waals surface area contributed by atoms with Gasteiger partial charge in [0.2, 0.25) is 0 Å². The molecule has 0 amide bonds. The van der Waals surface area contributed by atoms with Crippen LogP contribution in [0.1, 0.15) is 57.7 Å². The van der Waals surface area contributed by atoms with E-state index in [2.05, 4.69) is 89.8 Å². The fourth-order valence-electron chi connectivity index (χ4n) is 5.21. The molecule has 3 aromatic carbocycles. The largest absolute Gasteiger partial charge is 0.501 e. The minimum Gasteiger partial charge on any atom is -0.501 e. The van der Waals surface area contributed by atoms with Crippen LogP contribution in [-0.2, 0) is 31.9 Å². The number of aryl methyl sites for hydroxylation is 1. The molecule has 6 heteroatoms. The van der Waals surface area contributed by atoms with E-state index in [1.165, 1.54) is 15.8 Å². The van der Waals surface area contributed by atoms with Crippen LogP contribution in [0.5, 0.6) is 0 Å². The predicted molar refractivity (Wildman–Crippen MR) is 184 cm³/mol. The second-order valence-corrected chi connectivity index (χ2v) is 14.5. The van der Waals surface area contributed by atoms with Crippen molar-refractivity contribution in [2.45, 2.75) is 60.3 Å². The van der Waals surface area contributed by atoms with E-state index in [-0.39, 0.29) is 30.9 Å². The Morgan fingerprint density at radius 1 is 0.822 bits per heavy atom. The van der Waals surface area contributed by atoms with Crippen LogP contribution in [0.3, 0.4) is 0 Å². The first kappa shape index (κ1) is 32.7. The average Bonchev–Trinajstić information content (AvgIpc) is 3.59. The number of benzene rings is 3. The van der Waals surface area contributed by atoms with Gasteiger partial charge in [-0.1, -0.05) is 76.3 Å². The van der Waals surface area contributed by atoms with E-state index >= 15 is 0 Å². The van der Waals surface area contributed by atoms with Crippen molar-refractivity contribution >= 4 is 43.5 Å². The molecule has 7 rings (SSSR count). The van der Waals surface area contributed by atoms with Gasteiger partial charge >= 0.3 is 0 Å². The molecule has 0 unspecified atom stereocenters. The molecule has 0 fully saturated rings. The van der Waals surface area contributed by atoms with E-state index < -0.39 is 0 Å². The van der Waals surface area contributed by atoms with Crippen molar-refractivity contribution in [2.24, 2.45) is 5.41 Å². The van der Waals surface area contributed by atoms with Gasteiger partial charge in [-0.3, -0.25) is 0 Å². The summed E-state index contributed by atoms with van der Waals surface area (Å²) < 4.78 is 7.60. The molecule has 0 aliphatic carbocycles. The summed E-state index contributed by atoms with van der Waals surface area (Å²) in [4.78, 5) is 13.8. The van der Waals surface area contributed by atoms with Crippen molar-refractivity contribution in [3.63, 3.8) is 0 Å². The molecule has 0 saturated heterocycles. The van der Waals surface area contributed by atoms with Crippen molar-refractivity contribution < 1.29 is 24.5 Å². The minimum absolute atomic E-state index is 0. The van der Waals surface area contributed by atoms with Gasteiger partial charge in [0.05, 0.1) is 20.8 Å². The molecule has 0 aliphatic heterocycles. The van der Waals surface area contributed by atoms with Crippen LogP contribution in [0, 0.1) is 24.5 Å². The van der Waals surface area contributed by atoms with Crippen molar-refractivity contribution in [3.05, 3.63) is 113 Å². The number of hydrogen-bond donors (Lipinski definition) is 0. The number of nitrogens with zero attached hydrogens (tertiary/aromatic N) is 3. The number of fused-ring (bicyclic) bond motifs is 4. The fraction of sp³-hybridized carbons (Fsp3) is 0.256. The minimum atomic E-state index is 0. The predicted octanol–water partition coefficient (Wildman–Crippen LogP) is 10.8. The topological polar surface area (TPSA) is 51.8 Å². The van der Waals surface area contributed by atoms with E-state index in [4.69, 9.17) is 14.4 Å². The maximum Gasteiger partial charge on any atom is 0.123 e. The summed E-state index contributed by atoms with van der Waals surface area (Å²) in [6, 6.07) is 30.8. The van der Waals surface area contributed by atoms with Gasteiger partial charge in [-0.25, -0.2) is 4.98 Å². The molecule has 0 N–H and O–H groups in total. The SMILES string of the molecule is Cc1cnc(-c2[c-]ccc3c2oc2cc4nc(C(C)(C)C)sc4cc23)cc1CC(C)(C)C.[Ir].[c-]1ccccc1-c1ccccn1. The van der Waals surface area contributed by atoms with Crippen LogP contribution in [0.25, 0.3) is 54.7 Å². The van der Waals surface area contributed by atoms with E-state index in [1.54, 1.807) is 17.5 Å². The van der Waals surface area contributed by atoms with Gasteiger partial charge in [-0.15, -0.1) is 65.4 Å². The Kier molecular flexibility index (Phi) is 9.41. The van der Waals surface area contributed by atoms with Crippen LogP contribution in [-0.4, -0.2) is 15.0 Å². The van der Waals surface area contributed by atoms with Gasteiger partial charge in [0.25, 0.3) is 0 Å². The molecular weight excluding hydrogens is 751 g/mol. The second kappa shape index (κ2) is 13.0. The number of furan rings is 1. The maximum absolute atomic E-state index is 6.41. The molecule has 0 aliphatic rings. The van der Waals surface area contributed by atoms with Crippen molar-refractivity contribution in [2.75, 3.05) is 0 Å². The van der Waals surface area contributed by atoms with Crippen molar-refractivity contribution in [1.29, 1.82) is 0 Å². The monoisotopic (exact) mass is 788 g/mol. The third kappa shape index (κ3) is 7.25. The Morgan fingerprint density at radius 3 is 2.31 bits per heavy atom. The molecule has 4 heterocycles. The number of rotatable bonds is 3. The zero-order chi connectivity index (χ0) is 31.1. The Morgan fingerprint density at radius 2 is 1.62 bits per heavy atom. The number of thiazole rings is 1. The molecule has 7 aromatic rings. The third-order valence-electron chi connectivity index (χ3n) is 7.42. The quantitative estimate of drug-likeness (QED) is 0.167. The van der Waals surface area contributed by atoms with Crippen LogP contribution in [0.15, 0.2) is 89.6 Å². The molecular formula is C39H37IrN3OS-2. The van der Waals surface area contributed by atoms with Gasteiger partial charge in [0.15, 0.2) is 0 Å². The number of pyridine rings is 2. The first-order chi connectivity index (χ1) is 21.0. The van der Waals surface area contributed by atoms with E-state index in [9.17, 15) is 0 Å². The molecule has 45 heavy (non-hydrogen) atoms. The van der Waals surface area contributed by atoms with Crippen LogP contribution < -0.4 is 0 Å². The standard InChI is InChI=1S/C28H29N2OS.C11H8N.Ir/c1-16-15-29-21(11-17(16)14-27(2,3)4)19-10-8-9-18-20-12-24-22(13-23(20)31-25(18)19)30-26(32-24)28(5,6)7;1-2-6-10(7-3-1)11-8-4-5-9-12-11;/h8-9,11-13,15H,14H2,1-7H3;1-6,8-9H;/q2*-1;. The normalized spacial score (nSPS) is 11.8. The Balaban J connectivity index is 0.000000258. The maximum atomic E-state index is 6.41. The summed E-state index contributed by atoms with van der Waals surface area (Å²) in [5.41, 5.74) is 9.34. The molecule has 4 aromatic heterocycles. The van der Waals surface area contributed by atoms with Gasteiger partial charge in [0.1, 0.15) is 5.58 Å². The number of aromatic nitrogens is 3. The second-order valence-electron chi connectivity index (χ2n) is 13.5. The van der Waals surface area contributed by atoms with Crippen LogP contribution >= 0.6 is 11.3 Å². The first-order valence-electron chi connectivity index (χ1n) is 15.0. The number of hydrogen-bond acceptors (Lipinski definition) is 5. The van der Waals surface area contributed by atoms with Crippen molar-refractivity contribution in [1.82, 2.24) is 15.0 Å². The smallest absolute Gasteiger partial charge is 0.123 e. The summed E-state index contributed by atoms with van der Waals surface area (Å²) in [7, 11) is 0. The Labute approximate surface area is 283 Å². The van der Waals surface area contributed by atoms with Crippen LogP contribution in [0.2, 0.25) is 0 Å². The average molecular weight is 788 g/mol. The van der Waals surface area contributed by atoms with Gasteiger partial charge in [-0.05, 0) is 47.8 Å². The third-order valence-corrected chi connectivity index (χ3v) is 8.87. The fourth-order valence-corrected chi connectivity index (χ4v) is 6.26. The molecule has 0 saturated carbocycles. The van der Waals surface area contributed by atoms with Gasteiger partial charge in [0, 0.05) is 49.4 Å². The summed E-state index contributed by atoms with van der Waals surface area (Å²) in [6.45, 7) is 15.5. The molecule has 4 nitrogen and oxygen atoms in total. The molecule has 0 spiro atoms. The summed E-state index contributed by atoms with van der Waals surface area (Å²) in [6.07, 6.45) is 4.76. The molecule has 0 bridgehead atoms. The first-order valence-corrected chi connectivity index (χ1v) is 15.8. The van der Waals surface area contributed by atoms with Crippen molar-refractivity contribution in [3.8, 4) is 22.5 Å². The van der Waals surface area contributed by atoms with E-state index in [1.807, 2.05) is 54.7 Å². The summed E-state index contributed by atoms with van der Waals surface area (Å²) >= 11 is 1.77. The molecule has 1 radical (unpaired) electrons. The van der Waals surface area contributed by atoms with Gasteiger partial charge in [-0.2, -0.15) is 0 Å². The molecule has 0 atom stereocenters. The Bertz CT molecular complexity index is 2030. The van der Waals surface area contributed by atoms with E-state index in [0.29, 0.717) is 0 Å². The summed E-state index contributed by atoms with van der Waals surface area (Å²) in [5.74, 6) is 0. The zero-order valence-electron chi connectivity index (χ0n) is 26.8.